The molecule has 0 bridgehead atoms. The van der Waals surface area contributed by atoms with Crippen LogP contribution in [0, 0.1) is 0 Å². The van der Waals surface area contributed by atoms with Crippen LogP contribution >= 0.6 is 0 Å². The Morgan fingerprint density at radius 1 is 0.741 bits per heavy atom. The van der Waals surface area contributed by atoms with Crippen molar-refractivity contribution in [2.75, 3.05) is 42.4 Å². The highest BCUT2D eigenvalue weighted by atomic mass is 15.4. The van der Waals surface area contributed by atoms with Gasteiger partial charge in [0, 0.05) is 39.1 Å². The topological polar surface area (TPSA) is 48.4 Å². The first-order valence-corrected chi connectivity index (χ1v) is 8.76. The quantitative estimate of drug-likeness (QED) is 0.593. The molecule has 3 aromatic rings. The van der Waals surface area contributed by atoms with Gasteiger partial charge >= 0.3 is 0 Å². The Bertz CT molecular complexity index is 840. The van der Waals surface area contributed by atoms with Crippen molar-refractivity contribution in [3.63, 3.8) is 0 Å². The summed E-state index contributed by atoms with van der Waals surface area (Å²) in [5.74, 6) is 1.76. The van der Waals surface area contributed by atoms with E-state index in [1.54, 1.807) is 0 Å². The van der Waals surface area contributed by atoms with Crippen molar-refractivity contribution >= 4 is 29.2 Å². The van der Waals surface area contributed by atoms with Gasteiger partial charge in [-0.25, -0.2) is 0 Å². The van der Waals surface area contributed by atoms with Crippen molar-refractivity contribution in [1.82, 2.24) is 15.0 Å². The smallest absolute Gasteiger partial charge is 0.241 e. The Balaban J connectivity index is 2.18. The molecule has 27 heavy (non-hydrogen) atoms. The minimum absolute atomic E-state index is 0.567. The van der Waals surface area contributed by atoms with E-state index in [-0.39, 0.29) is 0 Å². The molecular weight excluding hydrogens is 336 g/mol. The molecule has 0 atom stereocenters. The SMILES string of the molecule is C=CCN(C)c1nc(N(C)C)nc(N(c2ccccc2)c2ccccc2)n1. The van der Waals surface area contributed by atoms with E-state index >= 15 is 0 Å². The minimum atomic E-state index is 0.567. The van der Waals surface area contributed by atoms with E-state index in [9.17, 15) is 0 Å². The fourth-order valence-corrected chi connectivity index (χ4v) is 2.62. The standard InChI is InChI=1S/C21H24N6/c1-5-16-26(4)20-22-19(25(2)3)23-21(24-20)27(17-12-8-6-9-13-17)18-14-10-7-11-15-18/h5-15H,1,16H2,2-4H3. The molecule has 0 N–H and O–H groups in total. The zero-order chi connectivity index (χ0) is 19.2. The Morgan fingerprint density at radius 2 is 1.22 bits per heavy atom. The fourth-order valence-electron chi connectivity index (χ4n) is 2.62. The van der Waals surface area contributed by atoms with E-state index in [2.05, 4.69) is 11.6 Å². The second-order valence-corrected chi connectivity index (χ2v) is 6.31. The summed E-state index contributed by atoms with van der Waals surface area (Å²) in [5, 5.41) is 0. The van der Waals surface area contributed by atoms with E-state index in [4.69, 9.17) is 9.97 Å². The molecule has 6 nitrogen and oxygen atoms in total. The molecule has 0 saturated carbocycles. The summed E-state index contributed by atoms with van der Waals surface area (Å²) in [6.45, 7) is 4.45. The van der Waals surface area contributed by atoms with Crippen LogP contribution in [0.5, 0.6) is 0 Å². The van der Waals surface area contributed by atoms with Crippen LogP contribution in [0.4, 0.5) is 29.2 Å². The molecule has 0 amide bonds. The maximum absolute atomic E-state index is 4.74. The van der Waals surface area contributed by atoms with E-state index in [0.29, 0.717) is 24.4 Å². The number of benzene rings is 2. The van der Waals surface area contributed by atoms with Crippen molar-refractivity contribution < 1.29 is 0 Å². The van der Waals surface area contributed by atoms with Crippen LogP contribution in [0.15, 0.2) is 73.3 Å². The monoisotopic (exact) mass is 360 g/mol. The Hall–Kier alpha value is -3.41. The maximum Gasteiger partial charge on any atom is 0.241 e. The van der Waals surface area contributed by atoms with Crippen LogP contribution in [0.2, 0.25) is 0 Å². The normalized spacial score (nSPS) is 10.3. The lowest BCUT2D eigenvalue weighted by atomic mass is 10.2. The highest BCUT2D eigenvalue weighted by Gasteiger charge is 2.19. The van der Waals surface area contributed by atoms with Gasteiger partial charge in [0.15, 0.2) is 0 Å². The molecular formula is C21H24N6. The van der Waals surface area contributed by atoms with Crippen LogP contribution in [0.3, 0.4) is 0 Å². The lowest BCUT2D eigenvalue weighted by Crippen LogP contribution is -2.24. The summed E-state index contributed by atoms with van der Waals surface area (Å²) in [7, 11) is 5.78. The van der Waals surface area contributed by atoms with Crippen LogP contribution in [-0.4, -0.2) is 42.6 Å². The van der Waals surface area contributed by atoms with Crippen LogP contribution < -0.4 is 14.7 Å². The molecule has 0 aliphatic heterocycles. The highest BCUT2D eigenvalue weighted by Crippen LogP contribution is 2.33. The molecule has 0 radical (unpaired) electrons. The highest BCUT2D eigenvalue weighted by molar-refractivity contribution is 5.73. The Labute approximate surface area is 160 Å². The zero-order valence-electron chi connectivity index (χ0n) is 15.9. The van der Waals surface area contributed by atoms with Gasteiger partial charge in [-0.3, -0.25) is 4.90 Å². The third-order valence-corrected chi connectivity index (χ3v) is 3.97. The number of nitrogens with zero attached hydrogens (tertiary/aromatic N) is 6. The second kappa shape index (κ2) is 8.31. The summed E-state index contributed by atoms with van der Waals surface area (Å²) >= 11 is 0. The fraction of sp³-hybridized carbons (Fsp3) is 0.190. The van der Waals surface area contributed by atoms with Crippen LogP contribution in [-0.2, 0) is 0 Å². The largest absolute Gasteiger partial charge is 0.347 e. The molecule has 0 aliphatic rings. The molecule has 0 spiro atoms. The lowest BCUT2D eigenvalue weighted by Gasteiger charge is -2.25. The van der Waals surface area contributed by atoms with E-state index in [1.807, 2.05) is 103 Å². The molecule has 1 aromatic heterocycles. The van der Waals surface area contributed by atoms with Gasteiger partial charge in [-0.2, -0.15) is 15.0 Å². The van der Waals surface area contributed by atoms with Gasteiger partial charge in [0.1, 0.15) is 0 Å². The number of rotatable bonds is 7. The first kappa shape index (κ1) is 18.4. The molecule has 3 rings (SSSR count). The average molecular weight is 360 g/mol. The number of anilines is 5. The Morgan fingerprint density at radius 3 is 1.70 bits per heavy atom. The van der Waals surface area contributed by atoms with E-state index in [1.165, 1.54) is 0 Å². The number of aromatic nitrogens is 3. The summed E-state index contributed by atoms with van der Waals surface area (Å²) in [5.41, 5.74) is 1.97. The Kier molecular flexibility index (Phi) is 5.66. The van der Waals surface area contributed by atoms with E-state index in [0.717, 1.165) is 11.4 Å². The zero-order valence-corrected chi connectivity index (χ0v) is 15.9. The molecule has 2 aromatic carbocycles. The second-order valence-electron chi connectivity index (χ2n) is 6.31. The molecule has 0 unspecified atom stereocenters. The van der Waals surface area contributed by atoms with Gasteiger partial charge < -0.3 is 9.80 Å². The number of likely N-dealkylation sites (N-methyl/N-ethyl adjacent to an activating group) is 1. The first-order valence-electron chi connectivity index (χ1n) is 8.76. The van der Waals surface area contributed by atoms with Crippen molar-refractivity contribution in [3.8, 4) is 0 Å². The molecule has 0 fully saturated rings. The summed E-state index contributed by atoms with van der Waals surface area (Å²) in [4.78, 5) is 19.9. The first-order chi connectivity index (χ1) is 13.1. The van der Waals surface area contributed by atoms with Crippen LogP contribution in [0.25, 0.3) is 0 Å². The van der Waals surface area contributed by atoms with Gasteiger partial charge in [-0.05, 0) is 24.3 Å². The van der Waals surface area contributed by atoms with E-state index < -0.39 is 0 Å². The summed E-state index contributed by atoms with van der Waals surface area (Å²) in [6, 6.07) is 20.2. The number of para-hydroxylation sites is 2. The number of hydrogen-bond donors (Lipinski definition) is 0. The van der Waals surface area contributed by atoms with Crippen molar-refractivity contribution in [2.24, 2.45) is 0 Å². The minimum Gasteiger partial charge on any atom is -0.347 e. The van der Waals surface area contributed by atoms with Gasteiger partial charge in [0.2, 0.25) is 17.8 Å². The predicted octanol–water partition coefficient (Wildman–Crippen LogP) is 4.03. The summed E-state index contributed by atoms with van der Waals surface area (Å²) < 4.78 is 0. The summed E-state index contributed by atoms with van der Waals surface area (Å²) in [6.07, 6.45) is 1.82. The number of hydrogen-bond acceptors (Lipinski definition) is 6. The van der Waals surface area contributed by atoms with Gasteiger partial charge in [0.05, 0.1) is 0 Å². The molecule has 138 valence electrons. The lowest BCUT2D eigenvalue weighted by molar-refractivity contribution is 0.883. The van der Waals surface area contributed by atoms with Gasteiger partial charge in [0.25, 0.3) is 0 Å². The average Bonchev–Trinajstić information content (AvgIpc) is 2.70. The van der Waals surface area contributed by atoms with Gasteiger partial charge in [-0.1, -0.05) is 42.5 Å². The molecule has 6 heteroatoms. The van der Waals surface area contributed by atoms with Crippen molar-refractivity contribution in [1.29, 1.82) is 0 Å². The van der Waals surface area contributed by atoms with Gasteiger partial charge in [-0.15, -0.1) is 6.58 Å². The van der Waals surface area contributed by atoms with Crippen molar-refractivity contribution in [3.05, 3.63) is 73.3 Å². The third-order valence-electron chi connectivity index (χ3n) is 3.97. The molecule has 0 saturated heterocycles. The molecule has 1 heterocycles. The van der Waals surface area contributed by atoms with Crippen LogP contribution in [0.1, 0.15) is 0 Å². The van der Waals surface area contributed by atoms with Crippen molar-refractivity contribution in [2.45, 2.75) is 0 Å². The third kappa shape index (κ3) is 4.23. The predicted molar refractivity (Wildman–Crippen MR) is 112 cm³/mol. The molecule has 0 aliphatic carbocycles. The maximum atomic E-state index is 4.74.